The summed E-state index contributed by atoms with van der Waals surface area (Å²) in [5, 5.41) is 3.36. The number of nitrogens with one attached hydrogen (secondary N) is 1. The summed E-state index contributed by atoms with van der Waals surface area (Å²) < 4.78 is 0. The Hall–Kier alpha value is -1.96. The number of nitrogens with zero attached hydrogens (tertiary/aromatic N) is 5. The number of rotatable bonds is 3. The lowest BCUT2D eigenvalue weighted by molar-refractivity contribution is 0.0628. The van der Waals surface area contributed by atoms with Crippen molar-refractivity contribution < 1.29 is 4.79 Å². The van der Waals surface area contributed by atoms with Crippen molar-refractivity contribution in [3.8, 4) is 0 Å². The van der Waals surface area contributed by atoms with Crippen LogP contribution in [0.5, 0.6) is 0 Å². The van der Waals surface area contributed by atoms with Gasteiger partial charge in [-0.05, 0) is 30.5 Å². The van der Waals surface area contributed by atoms with Crippen LogP contribution in [0, 0.1) is 0 Å². The summed E-state index contributed by atoms with van der Waals surface area (Å²) in [5.74, 6) is 0.620. The first-order valence-corrected chi connectivity index (χ1v) is 8.82. The predicted molar refractivity (Wildman–Crippen MR) is 109 cm³/mol. The van der Waals surface area contributed by atoms with Crippen LogP contribution in [0.4, 0.5) is 5.95 Å². The molecule has 0 aliphatic carbocycles. The average Bonchev–Trinajstić information content (AvgIpc) is 3.23. The zero-order valence-corrected chi connectivity index (χ0v) is 16.6. The van der Waals surface area contributed by atoms with E-state index in [2.05, 4.69) is 25.2 Å². The van der Waals surface area contributed by atoms with Crippen LogP contribution < -0.4 is 10.2 Å². The zero-order chi connectivity index (χ0) is 17.1. The maximum Gasteiger partial charge on any atom is 0.273 e. The Bertz CT molecular complexity index is 742. The smallest absolute Gasteiger partial charge is 0.273 e. The molecule has 2 fully saturated rings. The van der Waals surface area contributed by atoms with Gasteiger partial charge in [0.1, 0.15) is 5.69 Å². The second-order valence-electron chi connectivity index (χ2n) is 6.44. The van der Waals surface area contributed by atoms with Crippen molar-refractivity contribution >= 4 is 36.7 Å². The number of amides is 1. The van der Waals surface area contributed by atoms with Gasteiger partial charge in [0, 0.05) is 51.3 Å². The van der Waals surface area contributed by atoms with Gasteiger partial charge in [-0.3, -0.25) is 9.78 Å². The lowest BCUT2D eigenvalue weighted by atomic mass is 10.0. The van der Waals surface area contributed by atoms with E-state index < -0.39 is 0 Å². The van der Waals surface area contributed by atoms with Crippen LogP contribution in [0.15, 0.2) is 36.8 Å². The Morgan fingerprint density at radius 2 is 1.93 bits per heavy atom. The molecule has 4 heterocycles. The molecule has 146 valence electrons. The number of carbonyl (C=O) groups excluding carboxylic acids is 1. The second-order valence-corrected chi connectivity index (χ2v) is 6.44. The van der Waals surface area contributed by atoms with Crippen LogP contribution in [0.25, 0.3) is 0 Å². The molecule has 2 aliphatic rings. The summed E-state index contributed by atoms with van der Waals surface area (Å²) >= 11 is 0. The third-order valence-corrected chi connectivity index (χ3v) is 4.82. The van der Waals surface area contributed by atoms with E-state index in [4.69, 9.17) is 0 Å². The van der Waals surface area contributed by atoms with Gasteiger partial charge in [0.15, 0.2) is 0 Å². The van der Waals surface area contributed by atoms with E-state index >= 15 is 0 Å². The first kappa shape index (κ1) is 21.3. The lowest BCUT2D eigenvalue weighted by Crippen LogP contribution is -2.49. The highest BCUT2D eigenvalue weighted by Gasteiger charge is 2.30. The van der Waals surface area contributed by atoms with E-state index in [9.17, 15) is 4.79 Å². The monoisotopic (exact) mass is 410 g/mol. The average molecular weight is 411 g/mol. The fraction of sp³-hybridized carbons (Fsp3) is 0.444. The fourth-order valence-corrected chi connectivity index (χ4v) is 3.50. The first-order valence-electron chi connectivity index (χ1n) is 8.82. The van der Waals surface area contributed by atoms with Gasteiger partial charge in [-0.2, -0.15) is 0 Å². The molecule has 27 heavy (non-hydrogen) atoms. The van der Waals surface area contributed by atoms with Crippen LogP contribution in [-0.4, -0.2) is 58.5 Å². The van der Waals surface area contributed by atoms with Gasteiger partial charge in [0.2, 0.25) is 5.95 Å². The number of anilines is 1. The molecule has 1 unspecified atom stereocenters. The minimum atomic E-state index is -0.0433. The SMILES string of the molecule is Cl.Cl.O=C(c1ccnc(N2CCCC2)n1)N1CCNCC1c1cccnc1. The van der Waals surface area contributed by atoms with Gasteiger partial charge in [0.25, 0.3) is 5.91 Å². The molecule has 7 nitrogen and oxygen atoms in total. The molecule has 1 atom stereocenters. The molecule has 0 aromatic carbocycles. The predicted octanol–water partition coefficient (Wildman–Crippen LogP) is 2.10. The van der Waals surface area contributed by atoms with Crippen molar-refractivity contribution in [1.29, 1.82) is 0 Å². The van der Waals surface area contributed by atoms with Crippen molar-refractivity contribution in [3.63, 3.8) is 0 Å². The topological polar surface area (TPSA) is 74.2 Å². The van der Waals surface area contributed by atoms with Crippen molar-refractivity contribution in [2.75, 3.05) is 37.6 Å². The Kier molecular flexibility index (Phi) is 7.77. The van der Waals surface area contributed by atoms with Gasteiger partial charge in [0.05, 0.1) is 6.04 Å². The van der Waals surface area contributed by atoms with Crippen molar-refractivity contribution in [3.05, 3.63) is 48.0 Å². The summed E-state index contributed by atoms with van der Waals surface area (Å²) in [6.45, 7) is 4.09. The zero-order valence-electron chi connectivity index (χ0n) is 15.0. The molecular formula is C18H24Cl2N6O. The van der Waals surface area contributed by atoms with Crippen molar-refractivity contribution in [1.82, 2.24) is 25.2 Å². The van der Waals surface area contributed by atoms with Crippen LogP contribution in [0.3, 0.4) is 0 Å². The van der Waals surface area contributed by atoms with E-state index in [1.807, 2.05) is 23.2 Å². The number of hydrogen-bond acceptors (Lipinski definition) is 6. The van der Waals surface area contributed by atoms with E-state index in [1.54, 1.807) is 18.5 Å². The van der Waals surface area contributed by atoms with Gasteiger partial charge in [-0.25, -0.2) is 9.97 Å². The van der Waals surface area contributed by atoms with Crippen LogP contribution in [-0.2, 0) is 0 Å². The van der Waals surface area contributed by atoms with E-state index in [0.29, 0.717) is 18.2 Å². The Morgan fingerprint density at radius 3 is 2.67 bits per heavy atom. The third-order valence-electron chi connectivity index (χ3n) is 4.82. The molecule has 2 saturated heterocycles. The highest BCUT2D eigenvalue weighted by Crippen LogP contribution is 2.24. The van der Waals surface area contributed by atoms with Crippen LogP contribution in [0.2, 0.25) is 0 Å². The highest BCUT2D eigenvalue weighted by molar-refractivity contribution is 5.93. The molecule has 0 bridgehead atoms. The standard InChI is InChI=1S/C18H22N6O.2ClH/c25-17(15-5-7-21-18(22-15)23-9-1-2-10-23)24-11-8-20-13-16(24)14-4-3-6-19-12-14;;/h3-7,12,16,20H,1-2,8-11,13H2;2*1H. The third kappa shape index (κ3) is 4.66. The minimum absolute atomic E-state index is 0. The number of hydrogen-bond donors (Lipinski definition) is 1. The molecule has 9 heteroatoms. The Balaban J connectivity index is 0.00000131. The molecule has 0 saturated carbocycles. The van der Waals surface area contributed by atoms with E-state index in [1.165, 1.54) is 0 Å². The van der Waals surface area contributed by atoms with Gasteiger partial charge >= 0.3 is 0 Å². The summed E-state index contributed by atoms with van der Waals surface area (Å²) in [6, 6.07) is 5.60. The Morgan fingerprint density at radius 1 is 1.11 bits per heavy atom. The molecular weight excluding hydrogens is 387 g/mol. The van der Waals surface area contributed by atoms with Crippen molar-refractivity contribution in [2.24, 2.45) is 0 Å². The molecule has 2 aromatic rings. The Labute approximate surface area is 171 Å². The van der Waals surface area contributed by atoms with Crippen LogP contribution >= 0.6 is 24.8 Å². The van der Waals surface area contributed by atoms with Gasteiger partial charge < -0.3 is 15.1 Å². The molecule has 2 aromatic heterocycles. The molecule has 0 radical (unpaired) electrons. The largest absolute Gasteiger partial charge is 0.341 e. The first-order chi connectivity index (χ1) is 12.3. The second kappa shape index (κ2) is 9.82. The number of halogens is 2. The quantitative estimate of drug-likeness (QED) is 0.834. The summed E-state index contributed by atoms with van der Waals surface area (Å²) in [4.78, 5) is 30.2. The normalized spacial score (nSPS) is 19.2. The number of pyridine rings is 1. The molecule has 1 amide bonds. The number of aromatic nitrogens is 3. The molecule has 2 aliphatic heterocycles. The van der Waals surface area contributed by atoms with Gasteiger partial charge in [-0.1, -0.05) is 6.07 Å². The fourth-order valence-electron chi connectivity index (χ4n) is 3.50. The van der Waals surface area contributed by atoms with E-state index in [0.717, 1.165) is 44.6 Å². The molecule has 0 spiro atoms. The summed E-state index contributed by atoms with van der Waals surface area (Å²) in [6.07, 6.45) is 7.58. The maximum atomic E-state index is 13.1. The lowest BCUT2D eigenvalue weighted by Gasteiger charge is -2.36. The van der Waals surface area contributed by atoms with Crippen molar-refractivity contribution in [2.45, 2.75) is 18.9 Å². The molecule has 4 rings (SSSR count). The minimum Gasteiger partial charge on any atom is -0.341 e. The number of carbonyl (C=O) groups is 1. The van der Waals surface area contributed by atoms with E-state index in [-0.39, 0.29) is 36.8 Å². The number of piperazine rings is 1. The summed E-state index contributed by atoms with van der Waals surface area (Å²) in [7, 11) is 0. The summed E-state index contributed by atoms with van der Waals surface area (Å²) in [5.41, 5.74) is 1.50. The van der Waals surface area contributed by atoms with Gasteiger partial charge in [-0.15, -0.1) is 24.8 Å². The maximum absolute atomic E-state index is 13.1. The van der Waals surface area contributed by atoms with Crippen LogP contribution in [0.1, 0.15) is 34.9 Å². The highest BCUT2D eigenvalue weighted by atomic mass is 35.5. The molecule has 1 N–H and O–H groups in total.